The summed E-state index contributed by atoms with van der Waals surface area (Å²) < 4.78 is 1.96. The average molecular weight is 365 g/mol. The van der Waals surface area contributed by atoms with Crippen LogP contribution in [0, 0.1) is 10.1 Å². The van der Waals surface area contributed by atoms with Gasteiger partial charge in [-0.3, -0.25) is 10.1 Å². The molecule has 0 bridgehead atoms. The molecule has 1 N–H and O–H groups in total. The Hall–Kier alpha value is -3.22. The first-order chi connectivity index (χ1) is 13.0. The van der Waals surface area contributed by atoms with Crippen molar-refractivity contribution < 1.29 is 14.8 Å². The second-order valence-corrected chi connectivity index (χ2v) is 7.00. The Morgan fingerprint density at radius 2 is 2.00 bits per heavy atom. The Balaban J connectivity index is 1.96. The molecule has 7 heteroatoms. The minimum absolute atomic E-state index is 0.0481. The van der Waals surface area contributed by atoms with Crippen molar-refractivity contribution in [2.75, 3.05) is 0 Å². The highest BCUT2D eigenvalue weighted by atomic mass is 16.6. The van der Waals surface area contributed by atoms with E-state index in [1.807, 2.05) is 17.7 Å². The first kappa shape index (κ1) is 17.2. The first-order valence-electron chi connectivity index (χ1n) is 8.94. The Kier molecular flexibility index (Phi) is 4.14. The number of nitrogens with zero attached hydrogens (tertiary/aromatic N) is 3. The van der Waals surface area contributed by atoms with Crippen molar-refractivity contribution in [1.29, 1.82) is 0 Å². The van der Waals surface area contributed by atoms with E-state index in [2.05, 4.69) is 4.98 Å². The molecule has 0 unspecified atom stereocenters. The van der Waals surface area contributed by atoms with Crippen molar-refractivity contribution in [3.05, 3.63) is 57.8 Å². The molecule has 2 aromatic heterocycles. The van der Waals surface area contributed by atoms with E-state index >= 15 is 0 Å². The van der Waals surface area contributed by atoms with Crippen LogP contribution in [-0.4, -0.2) is 25.6 Å². The number of carboxylic acid groups (broad SMARTS) is 1. The fourth-order valence-corrected chi connectivity index (χ4v) is 4.17. The van der Waals surface area contributed by atoms with Crippen molar-refractivity contribution in [3.63, 3.8) is 0 Å². The first-order valence-corrected chi connectivity index (χ1v) is 8.94. The van der Waals surface area contributed by atoms with Gasteiger partial charge in [0.25, 0.3) is 5.69 Å². The van der Waals surface area contributed by atoms with Gasteiger partial charge in [0.05, 0.1) is 21.9 Å². The molecule has 7 nitrogen and oxygen atoms in total. The Labute approximate surface area is 155 Å². The summed E-state index contributed by atoms with van der Waals surface area (Å²) in [5, 5.41) is 21.3. The zero-order chi connectivity index (χ0) is 19.1. The van der Waals surface area contributed by atoms with Gasteiger partial charge < -0.3 is 9.67 Å². The van der Waals surface area contributed by atoms with E-state index in [9.17, 15) is 20.0 Å². The van der Waals surface area contributed by atoms with Gasteiger partial charge in [0.1, 0.15) is 6.20 Å². The van der Waals surface area contributed by atoms with Crippen LogP contribution in [0.1, 0.15) is 47.5 Å². The predicted octanol–water partition coefficient (Wildman–Crippen LogP) is 4.50. The lowest BCUT2D eigenvalue weighted by atomic mass is 9.93. The quantitative estimate of drug-likeness (QED) is 0.542. The number of aromatic carboxylic acids is 1. The van der Waals surface area contributed by atoms with Gasteiger partial charge in [-0.1, -0.05) is 18.9 Å². The number of carbonyl (C=O) groups is 1. The number of benzene rings is 1. The average Bonchev–Trinajstić information content (AvgIpc) is 3.28. The van der Waals surface area contributed by atoms with Gasteiger partial charge in [-0.2, -0.15) is 0 Å². The summed E-state index contributed by atoms with van der Waals surface area (Å²) in [7, 11) is 1.89. The third-order valence-corrected chi connectivity index (χ3v) is 5.45. The summed E-state index contributed by atoms with van der Waals surface area (Å²) in [5.74, 6) is -0.577. The molecule has 1 aliphatic rings. The highest BCUT2D eigenvalue weighted by molar-refractivity contribution is 5.97. The Morgan fingerprint density at radius 3 is 2.59 bits per heavy atom. The van der Waals surface area contributed by atoms with Crippen LogP contribution in [0.25, 0.3) is 22.3 Å². The number of carboxylic acids is 1. The van der Waals surface area contributed by atoms with E-state index in [1.54, 1.807) is 18.2 Å². The molecule has 1 saturated carbocycles. The van der Waals surface area contributed by atoms with Crippen LogP contribution < -0.4 is 0 Å². The van der Waals surface area contributed by atoms with E-state index < -0.39 is 10.9 Å². The minimum atomic E-state index is -0.962. The van der Waals surface area contributed by atoms with E-state index in [1.165, 1.54) is 30.7 Å². The van der Waals surface area contributed by atoms with Gasteiger partial charge in [0.15, 0.2) is 0 Å². The number of aryl methyl sites for hydroxylation is 1. The third kappa shape index (κ3) is 2.85. The van der Waals surface area contributed by atoms with E-state index in [-0.39, 0.29) is 11.3 Å². The van der Waals surface area contributed by atoms with Crippen molar-refractivity contribution in [1.82, 2.24) is 9.55 Å². The molecule has 138 valence electrons. The van der Waals surface area contributed by atoms with Gasteiger partial charge in [0, 0.05) is 24.0 Å². The maximum absolute atomic E-state index is 11.4. The van der Waals surface area contributed by atoms with Crippen LogP contribution in [0.3, 0.4) is 0 Å². The molecule has 4 rings (SSSR count). The summed E-state index contributed by atoms with van der Waals surface area (Å²) >= 11 is 0. The van der Waals surface area contributed by atoms with Crippen LogP contribution in [0.2, 0.25) is 0 Å². The molecule has 1 aliphatic carbocycles. The Morgan fingerprint density at radius 1 is 1.26 bits per heavy atom. The normalized spacial score (nSPS) is 14.7. The highest BCUT2D eigenvalue weighted by Crippen LogP contribution is 2.44. The fourth-order valence-electron chi connectivity index (χ4n) is 4.17. The standard InChI is InChI=1S/C20H19N3O4/c1-22-17-10-13(20(24)25)6-8-15(17)18(12-4-2-3-5-12)19(22)16-9-7-14(11-21-16)23(26)27/h6-12H,2-5H2,1H3,(H,24,25). The summed E-state index contributed by atoms with van der Waals surface area (Å²) in [6, 6.07) is 8.33. The molecule has 3 aromatic rings. The van der Waals surface area contributed by atoms with E-state index in [0.717, 1.165) is 29.4 Å². The topological polar surface area (TPSA) is 98.3 Å². The molecule has 1 aromatic carbocycles. The minimum Gasteiger partial charge on any atom is -0.478 e. The molecule has 0 amide bonds. The second kappa shape index (κ2) is 6.50. The van der Waals surface area contributed by atoms with Crippen molar-refractivity contribution in [3.8, 4) is 11.4 Å². The summed E-state index contributed by atoms with van der Waals surface area (Å²) in [6.45, 7) is 0. The van der Waals surface area contributed by atoms with Gasteiger partial charge >= 0.3 is 5.97 Å². The molecule has 27 heavy (non-hydrogen) atoms. The maximum Gasteiger partial charge on any atom is 0.335 e. The number of hydrogen-bond donors (Lipinski definition) is 1. The number of fused-ring (bicyclic) bond motifs is 1. The molecule has 0 saturated heterocycles. The zero-order valence-electron chi connectivity index (χ0n) is 14.9. The summed E-state index contributed by atoms with van der Waals surface area (Å²) in [5.41, 5.74) is 3.78. The molecule has 0 spiro atoms. The number of pyridine rings is 1. The van der Waals surface area contributed by atoms with E-state index in [4.69, 9.17) is 0 Å². The van der Waals surface area contributed by atoms with Gasteiger partial charge in [0.2, 0.25) is 0 Å². The number of aromatic nitrogens is 2. The van der Waals surface area contributed by atoms with Crippen LogP contribution in [0.15, 0.2) is 36.5 Å². The van der Waals surface area contributed by atoms with Gasteiger partial charge in [-0.15, -0.1) is 0 Å². The van der Waals surface area contributed by atoms with Crippen molar-refractivity contribution >= 4 is 22.6 Å². The largest absolute Gasteiger partial charge is 0.478 e. The smallest absolute Gasteiger partial charge is 0.335 e. The molecule has 1 fully saturated rings. The lowest BCUT2D eigenvalue weighted by molar-refractivity contribution is -0.385. The predicted molar refractivity (Wildman–Crippen MR) is 101 cm³/mol. The molecule has 0 atom stereocenters. The lowest BCUT2D eigenvalue weighted by Crippen LogP contribution is -2.00. The highest BCUT2D eigenvalue weighted by Gasteiger charge is 2.27. The summed E-state index contributed by atoms with van der Waals surface area (Å²) in [6.07, 6.45) is 5.77. The van der Waals surface area contributed by atoms with Crippen LogP contribution in [-0.2, 0) is 7.05 Å². The zero-order valence-corrected chi connectivity index (χ0v) is 14.9. The molecule has 2 heterocycles. The molecular formula is C20H19N3O4. The number of rotatable bonds is 4. The van der Waals surface area contributed by atoms with Crippen LogP contribution >= 0.6 is 0 Å². The van der Waals surface area contributed by atoms with Gasteiger partial charge in [-0.05, 0) is 42.5 Å². The molecular weight excluding hydrogens is 346 g/mol. The van der Waals surface area contributed by atoms with Gasteiger partial charge in [-0.25, -0.2) is 9.78 Å². The second-order valence-electron chi connectivity index (χ2n) is 7.00. The van der Waals surface area contributed by atoms with E-state index in [0.29, 0.717) is 11.6 Å². The number of hydrogen-bond acceptors (Lipinski definition) is 4. The molecule has 0 radical (unpaired) electrons. The summed E-state index contributed by atoms with van der Waals surface area (Å²) in [4.78, 5) is 26.2. The third-order valence-electron chi connectivity index (χ3n) is 5.45. The monoisotopic (exact) mass is 365 g/mol. The van der Waals surface area contributed by atoms with Crippen molar-refractivity contribution in [2.24, 2.45) is 7.05 Å². The maximum atomic E-state index is 11.4. The number of nitro groups is 1. The SMILES string of the molecule is Cn1c(-c2ccc([N+](=O)[O-])cn2)c(C2CCCC2)c2ccc(C(=O)O)cc21. The van der Waals surface area contributed by atoms with Crippen LogP contribution in [0.4, 0.5) is 5.69 Å². The van der Waals surface area contributed by atoms with Crippen molar-refractivity contribution in [2.45, 2.75) is 31.6 Å². The Bertz CT molecular complexity index is 1050. The fraction of sp³-hybridized carbons (Fsp3) is 0.300. The van der Waals surface area contributed by atoms with Crippen LogP contribution in [0.5, 0.6) is 0 Å². The lowest BCUT2D eigenvalue weighted by Gasteiger charge is -2.13. The molecule has 0 aliphatic heterocycles.